The van der Waals surface area contributed by atoms with Crippen LogP contribution in [-0.2, 0) is 0 Å². The number of aromatic nitrogens is 1. The van der Waals surface area contributed by atoms with E-state index in [9.17, 15) is 14.7 Å². The molecule has 1 aromatic heterocycles. The Hall–Kier alpha value is -2.50. The molecule has 2 rings (SSSR count). The third kappa shape index (κ3) is 2.20. The molecule has 5 nitrogen and oxygen atoms in total. The number of hydrogen-bond donors (Lipinski definition) is 2. The van der Waals surface area contributed by atoms with E-state index in [0.29, 0.717) is 11.4 Å². The summed E-state index contributed by atoms with van der Waals surface area (Å²) < 4.78 is 1.41. The number of hydrogen-bond acceptors (Lipinski definition) is 3. The van der Waals surface area contributed by atoms with Gasteiger partial charge in [-0.05, 0) is 37.6 Å². The van der Waals surface area contributed by atoms with Gasteiger partial charge in [0.1, 0.15) is 5.75 Å². The van der Waals surface area contributed by atoms with Crippen LogP contribution in [0.3, 0.4) is 0 Å². The van der Waals surface area contributed by atoms with Crippen LogP contribution in [0.2, 0.25) is 0 Å². The first kappa shape index (κ1) is 13.9. The largest absolute Gasteiger partial charge is 0.508 e. The maximum absolute atomic E-state index is 12.3. The van der Waals surface area contributed by atoms with Gasteiger partial charge >= 0.3 is 5.97 Å². The molecule has 0 radical (unpaired) electrons. The van der Waals surface area contributed by atoms with E-state index in [1.165, 1.54) is 30.6 Å². The van der Waals surface area contributed by atoms with Crippen molar-refractivity contribution in [3.8, 4) is 11.4 Å². The molecule has 1 aromatic carbocycles. The molecule has 0 aliphatic rings. The van der Waals surface area contributed by atoms with Gasteiger partial charge in [-0.2, -0.15) is 0 Å². The zero-order chi connectivity index (χ0) is 15.0. The highest BCUT2D eigenvalue weighted by Crippen LogP contribution is 2.17. The van der Waals surface area contributed by atoms with Gasteiger partial charge in [-0.15, -0.1) is 0 Å². The summed E-state index contributed by atoms with van der Waals surface area (Å²) in [6.45, 7) is 3.49. The van der Waals surface area contributed by atoms with Gasteiger partial charge in [0.05, 0.1) is 11.3 Å². The molecule has 0 saturated carbocycles. The first-order valence-electron chi connectivity index (χ1n) is 6.09. The number of nitrogens with zero attached hydrogens (tertiary/aromatic N) is 1. The Bertz CT molecular complexity index is 764. The predicted molar refractivity (Wildman–Crippen MR) is 78.3 cm³/mol. The molecule has 0 atom stereocenters. The number of aryl methyl sites for hydroxylation is 2. The van der Waals surface area contributed by atoms with E-state index < -0.39 is 5.97 Å². The van der Waals surface area contributed by atoms with E-state index in [-0.39, 0.29) is 22.3 Å². The fourth-order valence-electron chi connectivity index (χ4n) is 2.09. The molecule has 0 aliphatic carbocycles. The second-order valence-electron chi connectivity index (χ2n) is 4.74. The molecule has 6 heteroatoms. The van der Waals surface area contributed by atoms with E-state index in [1.807, 2.05) is 0 Å². The SMILES string of the molecule is Bc1c(O)cc(C)n(-c2cc(C(=O)O)ccc2C)c1=O. The lowest BCUT2D eigenvalue weighted by molar-refractivity contribution is 0.0697. The van der Waals surface area contributed by atoms with Crippen LogP contribution >= 0.6 is 0 Å². The van der Waals surface area contributed by atoms with Gasteiger partial charge in [-0.3, -0.25) is 9.36 Å². The standard InChI is InChI=1S/C14H14BNO4/c1-7-3-4-9(14(19)20)6-10(7)16-8(2)5-11(17)12(15)13(16)18/h3-6,17H,15H2,1-2H3,(H,19,20). The molecule has 2 N–H and O–H groups in total. The summed E-state index contributed by atoms with van der Waals surface area (Å²) in [5, 5.41) is 18.7. The topological polar surface area (TPSA) is 79.5 Å². The molecule has 102 valence electrons. The number of pyridine rings is 1. The summed E-state index contributed by atoms with van der Waals surface area (Å²) in [4.78, 5) is 23.4. The number of rotatable bonds is 2. The van der Waals surface area contributed by atoms with Gasteiger partial charge in [-0.1, -0.05) is 6.07 Å². The molecule has 20 heavy (non-hydrogen) atoms. The molecule has 0 unspecified atom stereocenters. The van der Waals surface area contributed by atoms with Crippen LogP contribution < -0.4 is 11.0 Å². The molecule has 0 fully saturated rings. The normalized spacial score (nSPS) is 10.5. The van der Waals surface area contributed by atoms with Crippen LogP contribution in [0, 0.1) is 13.8 Å². The molecule has 0 amide bonds. The molecular formula is C14H14BNO4. The molecule has 2 aromatic rings. The van der Waals surface area contributed by atoms with E-state index in [0.717, 1.165) is 5.56 Å². The van der Waals surface area contributed by atoms with Crippen molar-refractivity contribution in [2.24, 2.45) is 0 Å². The van der Waals surface area contributed by atoms with E-state index in [1.54, 1.807) is 19.9 Å². The maximum Gasteiger partial charge on any atom is 0.335 e. The van der Waals surface area contributed by atoms with Crippen LogP contribution in [0.4, 0.5) is 0 Å². The van der Waals surface area contributed by atoms with Crippen molar-refractivity contribution in [3.63, 3.8) is 0 Å². The second-order valence-corrected chi connectivity index (χ2v) is 4.74. The van der Waals surface area contributed by atoms with Crippen LogP contribution in [-0.4, -0.2) is 28.6 Å². The van der Waals surface area contributed by atoms with Crippen LogP contribution in [0.5, 0.6) is 5.75 Å². The fraction of sp³-hybridized carbons (Fsp3) is 0.143. The van der Waals surface area contributed by atoms with Crippen LogP contribution in [0.15, 0.2) is 29.1 Å². The summed E-state index contributed by atoms with van der Waals surface area (Å²) in [7, 11) is 1.53. The Morgan fingerprint density at radius 2 is 1.90 bits per heavy atom. The zero-order valence-electron chi connectivity index (χ0n) is 11.5. The molecule has 0 bridgehead atoms. The summed E-state index contributed by atoms with van der Waals surface area (Å²) in [6, 6.07) is 6.10. The smallest absolute Gasteiger partial charge is 0.335 e. The Balaban J connectivity index is 2.81. The molecular weight excluding hydrogens is 257 g/mol. The van der Waals surface area contributed by atoms with Crippen LogP contribution in [0.25, 0.3) is 5.69 Å². The van der Waals surface area contributed by atoms with Gasteiger partial charge in [0.25, 0.3) is 5.56 Å². The minimum Gasteiger partial charge on any atom is -0.508 e. The molecule has 0 aliphatic heterocycles. The highest BCUT2D eigenvalue weighted by Gasteiger charge is 2.13. The monoisotopic (exact) mass is 271 g/mol. The van der Waals surface area contributed by atoms with Crippen molar-refractivity contribution < 1.29 is 15.0 Å². The van der Waals surface area contributed by atoms with Gasteiger partial charge in [0.15, 0.2) is 7.85 Å². The fourth-order valence-corrected chi connectivity index (χ4v) is 2.09. The first-order valence-corrected chi connectivity index (χ1v) is 6.09. The summed E-state index contributed by atoms with van der Waals surface area (Å²) in [5.41, 5.74) is 1.83. The number of benzene rings is 1. The van der Waals surface area contributed by atoms with Gasteiger partial charge in [-0.25, -0.2) is 4.79 Å². The highest BCUT2D eigenvalue weighted by atomic mass is 16.4. The summed E-state index contributed by atoms with van der Waals surface area (Å²) in [6.07, 6.45) is 0. The third-order valence-electron chi connectivity index (χ3n) is 3.30. The summed E-state index contributed by atoms with van der Waals surface area (Å²) in [5.74, 6) is -1.11. The molecule has 1 heterocycles. The van der Waals surface area contributed by atoms with Crippen molar-refractivity contribution in [2.45, 2.75) is 13.8 Å². The van der Waals surface area contributed by atoms with Crippen molar-refractivity contribution >= 4 is 19.3 Å². The van der Waals surface area contributed by atoms with Gasteiger partial charge in [0, 0.05) is 11.2 Å². The van der Waals surface area contributed by atoms with E-state index in [4.69, 9.17) is 5.11 Å². The highest BCUT2D eigenvalue weighted by molar-refractivity contribution is 6.33. The number of carbonyl (C=O) groups is 1. The summed E-state index contributed by atoms with van der Waals surface area (Å²) >= 11 is 0. The Morgan fingerprint density at radius 3 is 2.50 bits per heavy atom. The average Bonchev–Trinajstić information content (AvgIpc) is 2.38. The Kier molecular flexibility index (Phi) is 3.40. The van der Waals surface area contributed by atoms with Crippen molar-refractivity contribution in [1.82, 2.24) is 4.57 Å². The van der Waals surface area contributed by atoms with Crippen molar-refractivity contribution in [2.75, 3.05) is 0 Å². The van der Waals surface area contributed by atoms with E-state index >= 15 is 0 Å². The van der Waals surface area contributed by atoms with Gasteiger partial charge in [0.2, 0.25) is 0 Å². The predicted octanol–water partition coefficient (Wildman–Crippen LogP) is 0.117. The minimum absolute atomic E-state index is 0.0595. The maximum atomic E-state index is 12.3. The lowest BCUT2D eigenvalue weighted by Crippen LogP contribution is -2.35. The number of aromatic hydroxyl groups is 1. The average molecular weight is 271 g/mol. The third-order valence-corrected chi connectivity index (χ3v) is 3.30. The van der Waals surface area contributed by atoms with Crippen molar-refractivity contribution in [3.05, 3.63) is 51.4 Å². The lowest BCUT2D eigenvalue weighted by Gasteiger charge is -2.15. The number of carboxylic acids is 1. The molecule has 0 spiro atoms. The Morgan fingerprint density at radius 1 is 1.25 bits per heavy atom. The zero-order valence-corrected chi connectivity index (χ0v) is 11.5. The minimum atomic E-state index is -1.05. The van der Waals surface area contributed by atoms with Crippen molar-refractivity contribution in [1.29, 1.82) is 0 Å². The molecule has 0 saturated heterocycles. The quantitative estimate of drug-likeness (QED) is 0.760. The van der Waals surface area contributed by atoms with Gasteiger partial charge < -0.3 is 10.2 Å². The van der Waals surface area contributed by atoms with Crippen LogP contribution in [0.1, 0.15) is 21.6 Å². The number of aromatic carboxylic acids is 1. The van der Waals surface area contributed by atoms with E-state index in [2.05, 4.69) is 0 Å². The number of carboxylic acid groups (broad SMARTS) is 1. The second kappa shape index (κ2) is 4.88. The Labute approximate surface area is 116 Å². The lowest BCUT2D eigenvalue weighted by atomic mass is 9.96. The first-order chi connectivity index (χ1) is 9.32.